The van der Waals surface area contributed by atoms with Crippen LogP contribution in [0.25, 0.3) is 10.2 Å². The molecule has 0 spiro atoms. The van der Waals surface area contributed by atoms with Crippen LogP contribution in [0.4, 0.5) is 15.6 Å². The number of carbonyl (C=O) groups excluding carboxylic acids is 1. The Hall–Kier alpha value is -2.40. The predicted octanol–water partition coefficient (Wildman–Crippen LogP) is 5.17. The second kappa shape index (κ2) is 6.01. The number of benzene rings is 2. The molecular weight excluding hydrogens is 306 g/mol. The zero-order valence-corrected chi connectivity index (χ0v) is 14.5. The topological polar surface area (TPSA) is 54.0 Å². The highest BCUT2D eigenvalue weighted by atomic mass is 32.1. The first-order valence-electron chi connectivity index (χ1n) is 7.46. The van der Waals surface area contributed by atoms with Crippen molar-refractivity contribution in [3.8, 4) is 0 Å². The Morgan fingerprint density at radius 1 is 0.913 bits per heavy atom. The number of hydrogen-bond donors (Lipinski definition) is 2. The van der Waals surface area contributed by atoms with Crippen LogP contribution in [-0.4, -0.2) is 11.0 Å². The van der Waals surface area contributed by atoms with E-state index in [1.807, 2.05) is 39.0 Å². The van der Waals surface area contributed by atoms with E-state index in [0.717, 1.165) is 27.0 Å². The molecule has 0 saturated carbocycles. The quantitative estimate of drug-likeness (QED) is 0.682. The summed E-state index contributed by atoms with van der Waals surface area (Å²) in [6, 6.07) is 9.71. The SMILES string of the molecule is Cc1ccc(NC(=O)Nc2nc3c(C)ccc(C)c3s2)cc1C. The van der Waals surface area contributed by atoms with Gasteiger partial charge in [0.2, 0.25) is 0 Å². The van der Waals surface area contributed by atoms with Gasteiger partial charge in [-0.15, -0.1) is 0 Å². The normalized spacial score (nSPS) is 10.8. The van der Waals surface area contributed by atoms with Crippen molar-refractivity contribution in [1.82, 2.24) is 4.98 Å². The summed E-state index contributed by atoms with van der Waals surface area (Å²) in [7, 11) is 0. The molecule has 1 heterocycles. The molecule has 0 aliphatic heterocycles. The number of hydrogen-bond acceptors (Lipinski definition) is 3. The summed E-state index contributed by atoms with van der Waals surface area (Å²) in [6.45, 7) is 8.15. The molecule has 0 fully saturated rings. The lowest BCUT2D eigenvalue weighted by Crippen LogP contribution is -2.19. The van der Waals surface area contributed by atoms with Gasteiger partial charge in [0.15, 0.2) is 5.13 Å². The van der Waals surface area contributed by atoms with Crippen molar-refractivity contribution >= 4 is 38.4 Å². The van der Waals surface area contributed by atoms with Gasteiger partial charge < -0.3 is 5.32 Å². The summed E-state index contributed by atoms with van der Waals surface area (Å²) in [4.78, 5) is 16.7. The molecule has 2 aromatic carbocycles. The van der Waals surface area contributed by atoms with Gasteiger partial charge in [-0.2, -0.15) is 0 Å². The minimum atomic E-state index is -0.275. The molecule has 4 nitrogen and oxygen atoms in total. The average molecular weight is 325 g/mol. The Labute approximate surface area is 139 Å². The maximum absolute atomic E-state index is 12.2. The van der Waals surface area contributed by atoms with Gasteiger partial charge in [-0.3, -0.25) is 5.32 Å². The van der Waals surface area contributed by atoms with E-state index in [2.05, 4.69) is 34.7 Å². The Morgan fingerprint density at radius 2 is 1.61 bits per heavy atom. The second-order valence-corrected chi connectivity index (χ2v) is 6.77. The maximum Gasteiger partial charge on any atom is 0.325 e. The van der Waals surface area contributed by atoms with Crippen LogP contribution >= 0.6 is 11.3 Å². The summed E-state index contributed by atoms with van der Waals surface area (Å²) in [5.74, 6) is 0. The number of anilines is 2. The molecule has 3 aromatic rings. The Balaban J connectivity index is 1.79. The molecule has 2 amide bonds. The zero-order valence-electron chi connectivity index (χ0n) is 13.7. The zero-order chi connectivity index (χ0) is 16.6. The number of aromatic nitrogens is 1. The van der Waals surface area contributed by atoms with Gasteiger partial charge in [-0.25, -0.2) is 9.78 Å². The van der Waals surface area contributed by atoms with Crippen LogP contribution < -0.4 is 10.6 Å². The minimum Gasteiger partial charge on any atom is -0.308 e. The minimum absolute atomic E-state index is 0.275. The van der Waals surface area contributed by atoms with E-state index in [1.165, 1.54) is 22.5 Å². The van der Waals surface area contributed by atoms with Crippen molar-refractivity contribution in [2.45, 2.75) is 27.7 Å². The van der Waals surface area contributed by atoms with Gasteiger partial charge in [-0.05, 0) is 62.1 Å². The van der Waals surface area contributed by atoms with Crippen LogP contribution in [0.2, 0.25) is 0 Å². The lowest BCUT2D eigenvalue weighted by molar-refractivity contribution is 0.262. The van der Waals surface area contributed by atoms with Crippen molar-refractivity contribution in [2.75, 3.05) is 10.6 Å². The first-order chi connectivity index (χ1) is 10.9. The number of rotatable bonds is 2. The second-order valence-electron chi connectivity index (χ2n) is 5.77. The highest BCUT2D eigenvalue weighted by Gasteiger charge is 2.11. The number of nitrogens with one attached hydrogen (secondary N) is 2. The van der Waals surface area contributed by atoms with Crippen LogP contribution in [0.3, 0.4) is 0 Å². The summed E-state index contributed by atoms with van der Waals surface area (Å²) in [5, 5.41) is 6.28. The fourth-order valence-corrected chi connectivity index (χ4v) is 3.40. The molecule has 0 radical (unpaired) electrons. The van der Waals surface area contributed by atoms with Crippen LogP contribution in [-0.2, 0) is 0 Å². The third kappa shape index (κ3) is 3.19. The summed E-state index contributed by atoms with van der Waals surface area (Å²) < 4.78 is 1.12. The van der Waals surface area contributed by atoms with E-state index in [-0.39, 0.29) is 6.03 Å². The molecule has 23 heavy (non-hydrogen) atoms. The summed E-state index contributed by atoms with van der Waals surface area (Å²) in [5.41, 5.74) is 6.37. The monoisotopic (exact) mass is 325 g/mol. The van der Waals surface area contributed by atoms with Crippen LogP contribution in [0, 0.1) is 27.7 Å². The molecular formula is C18H19N3OS. The van der Waals surface area contributed by atoms with Crippen molar-refractivity contribution < 1.29 is 4.79 Å². The Morgan fingerprint density at radius 3 is 2.30 bits per heavy atom. The Kier molecular flexibility index (Phi) is 4.05. The molecule has 0 aliphatic rings. The largest absolute Gasteiger partial charge is 0.325 e. The molecule has 5 heteroatoms. The van der Waals surface area contributed by atoms with E-state index < -0.39 is 0 Å². The van der Waals surface area contributed by atoms with Crippen LogP contribution in [0.15, 0.2) is 30.3 Å². The molecule has 0 bridgehead atoms. The van der Waals surface area contributed by atoms with Gasteiger partial charge in [0, 0.05) is 5.69 Å². The predicted molar refractivity (Wildman–Crippen MR) is 97.7 cm³/mol. The van der Waals surface area contributed by atoms with Gasteiger partial charge in [-0.1, -0.05) is 29.5 Å². The van der Waals surface area contributed by atoms with Gasteiger partial charge >= 0.3 is 6.03 Å². The van der Waals surface area contributed by atoms with Crippen LogP contribution in [0.5, 0.6) is 0 Å². The number of aryl methyl sites for hydroxylation is 4. The van der Waals surface area contributed by atoms with Gasteiger partial charge in [0.05, 0.1) is 10.2 Å². The first kappa shape index (κ1) is 15.5. The third-order valence-corrected chi connectivity index (χ3v) is 5.03. The molecule has 0 saturated heterocycles. The molecule has 3 rings (SSSR count). The number of thiazole rings is 1. The van der Waals surface area contributed by atoms with Gasteiger partial charge in [0.25, 0.3) is 0 Å². The smallest absolute Gasteiger partial charge is 0.308 e. The van der Waals surface area contributed by atoms with Crippen molar-refractivity contribution in [2.24, 2.45) is 0 Å². The first-order valence-corrected chi connectivity index (χ1v) is 8.27. The molecule has 0 atom stereocenters. The van der Waals surface area contributed by atoms with E-state index in [1.54, 1.807) is 0 Å². The molecule has 2 N–H and O–H groups in total. The third-order valence-electron chi connectivity index (χ3n) is 3.93. The number of amides is 2. The Bertz CT molecular complexity index is 860. The van der Waals surface area contributed by atoms with Crippen molar-refractivity contribution in [3.05, 3.63) is 52.6 Å². The number of nitrogens with zero attached hydrogens (tertiary/aromatic N) is 1. The van der Waals surface area contributed by atoms with E-state index >= 15 is 0 Å². The van der Waals surface area contributed by atoms with E-state index in [0.29, 0.717) is 5.13 Å². The number of fused-ring (bicyclic) bond motifs is 1. The number of urea groups is 1. The number of carbonyl (C=O) groups is 1. The average Bonchev–Trinajstić information content (AvgIpc) is 2.92. The summed E-state index contributed by atoms with van der Waals surface area (Å²) in [6.07, 6.45) is 0. The standard InChI is InChI=1S/C18H19N3OS/c1-10-7-8-14(9-13(10)4)19-17(22)21-18-20-15-11(2)5-6-12(3)16(15)23-18/h5-9H,1-4H3,(H2,19,20,21,22). The van der Waals surface area contributed by atoms with E-state index in [4.69, 9.17) is 0 Å². The highest BCUT2D eigenvalue weighted by Crippen LogP contribution is 2.30. The lowest BCUT2D eigenvalue weighted by Gasteiger charge is -2.07. The highest BCUT2D eigenvalue weighted by molar-refractivity contribution is 7.22. The molecule has 0 unspecified atom stereocenters. The molecule has 0 aliphatic carbocycles. The molecule has 1 aromatic heterocycles. The van der Waals surface area contributed by atoms with Crippen molar-refractivity contribution in [3.63, 3.8) is 0 Å². The summed E-state index contributed by atoms with van der Waals surface area (Å²) >= 11 is 1.50. The van der Waals surface area contributed by atoms with Crippen molar-refractivity contribution in [1.29, 1.82) is 0 Å². The maximum atomic E-state index is 12.2. The fraction of sp³-hybridized carbons (Fsp3) is 0.222. The lowest BCUT2D eigenvalue weighted by atomic mass is 10.1. The molecule has 118 valence electrons. The fourth-order valence-electron chi connectivity index (χ4n) is 2.39. The van der Waals surface area contributed by atoms with Gasteiger partial charge in [0.1, 0.15) is 0 Å². The van der Waals surface area contributed by atoms with E-state index in [9.17, 15) is 4.79 Å². The van der Waals surface area contributed by atoms with Crippen LogP contribution in [0.1, 0.15) is 22.3 Å².